The molecule has 2 aromatic carbocycles. The number of carbonyl (C=O) groups is 1. The Bertz CT molecular complexity index is 714. The zero-order chi connectivity index (χ0) is 12.8. The van der Waals surface area contributed by atoms with Gasteiger partial charge >= 0.3 is 7.05 Å². The molecule has 4 rings (SSSR count). The van der Waals surface area contributed by atoms with Crippen LogP contribution in [-0.2, 0) is 0 Å². The van der Waals surface area contributed by atoms with Crippen molar-refractivity contribution < 1.29 is 9.45 Å². The summed E-state index contributed by atoms with van der Waals surface area (Å²) in [7, 11) is -0.469. The quantitative estimate of drug-likeness (QED) is 0.658. The van der Waals surface area contributed by atoms with Gasteiger partial charge in [-0.3, -0.25) is 4.79 Å². The Kier molecular flexibility index (Phi) is 2.03. The van der Waals surface area contributed by atoms with Gasteiger partial charge in [0.05, 0.1) is 11.8 Å². The van der Waals surface area contributed by atoms with E-state index in [1.807, 2.05) is 42.5 Å². The Morgan fingerprint density at radius 3 is 2.79 bits per heavy atom. The summed E-state index contributed by atoms with van der Waals surface area (Å²) >= 11 is 0. The van der Waals surface area contributed by atoms with Crippen molar-refractivity contribution in [3.05, 3.63) is 59.7 Å². The minimum absolute atomic E-state index is 0.127. The third kappa shape index (κ3) is 1.41. The first kappa shape index (κ1) is 10.4. The number of benzene rings is 2. The summed E-state index contributed by atoms with van der Waals surface area (Å²) in [6.45, 7) is 0. The van der Waals surface area contributed by atoms with Gasteiger partial charge in [-0.1, -0.05) is 36.4 Å². The van der Waals surface area contributed by atoms with Crippen molar-refractivity contribution in [2.24, 2.45) is 5.10 Å². The largest absolute Gasteiger partial charge is 0.544 e. The number of carbonyl (C=O) groups excluding carboxylic acids is 1. The molecule has 2 aromatic rings. The van der Waals surface area contributed by atoms with E-state index in [4.69, 9.17) is 4.65 Å². The Hall–Kier alpha value is -2.56. The lowest BCUT2D eigenvalue weighted by molar-refractivity contribution is 0.0830. The smallest absolute Gasteiger partial charge is 0.536 e. The van der Waals surface area contributed by atoms with Crippen molar-refractivity contribution in [3.63, 3.8) is 0 Å². The van der Waals surface area contributed by atoms with Crippen LogP contribution in [0.4, 0.5) is 0 Å². The van der Waals surface area contributed by atoms with Crippen LogP contribution in [0.1, 0.15) is 15.9 Å². The number of hydrogen-bond donors (Lipinski definition) is 0. The van der Waals surface area contributed by atoms with E-state index >= 15 is 0 Å². The molecule has 0 saturated carbocycles. The van der Waals surface area contributed by atoms with Crippen LogP contribution < -0.4 is 10.1 Å². The molecule has 0 saturated heterocycles. The van der Waals surface area contributed by atoms with Crippen molar-refractivity contribution in [1.29, 1.82) is 0 Å². The van der Waals surface area contributed by atoms with E-state index < -0.39 is 7.05 Å². The molecule has 4 nitrogen and oxygen atoms in total. The zero-order valence-electron chi connectivity index (χ0n) is 9.98. The molecule has 0 aliphatic carbocycles. The van der Waals surface area contributed by atoms with Crippen molar-refractivity contribution in [2.75, 3.05) is 0 Å². The Balaban J connectivity index is 1.89. The predicted molar refractivity (Wildman–Crippen MR) is 72.7 cm³/mol. The third-order valence-corrected chi connectivity index (χ3v) is 3.37. The summed E-state index contributed by atoms with van der Waals surface area (Å²) in [5.41, 5.74) is 2.49. The van der Waals surface area contributed by atoms with Gasteiger partial charge in [-0.05, 0) is 23.2 Å². The number of para-hydroxylation sites is 1. The molecule has 2 aliphatic rings. The molecule has 0 fully saturated rings. The first-order valence-corrected chi connectivity index (χ1v) is 6.07. The maximum absolute atomic E-state index is 12.4. The van der Waals surface area contributed by atoms with Crippen LogP contribution in [0.5, 0.6) is 5.75 Å². The molecule has 90 valence electrons. The number of rotatable bonds is 0. The second kappa shape index (κ2) is 3.72. The minimum Gasteiger partial charge on any atom is -0.536 e. The molecule has 1 amide bonds. The molecule has 0 atom stereocenters. The van der Waals surface area contributed by atoms with Gasteiger partial charge in [-0.2, -0.15) is 5.10 Å². The van der Waals surface area contributed by atoms with Crippen molar-refractivity contribution in [1.82, 2.24) is 4.92 Å². The van der Waals surface area contributed by atoms with E-state index in [-0.39, 0.29) is 5.91 Å². The summed E-state index contributed by atoms with van der Waals surface area (Å²) in [5, 5.41) is 4.21. The van der Waals surface area contributed by atoms with Gasteiger partial charge < -0.3 is 4.65 Å². The summed E-state index contributed by atoms with van der Waals surface area (Å²) in [6, 6.07) is 15.0. The monoisotopic (exact) mass is 248 g/mol. The summed E-state index contributed by atoms with van der Waals surface area (Å²) < 4.78 is 5.92. The number of hydrogen-bond acceptors (Lipinski definition) is 3. The van der Waals surface area contributed by atoms with E-state index in [1.165, 1.54) is 4.92 Å². The van der Waals surface area contributed by atoms with Gasteiger partial charge in [0.25, 0.3) is 5.91 Å². The molecule has 0 N–H and O–H groups in total. The topological polar surface area (TPSA) is 41.9 Å². The van der Waals surface area contributed by atoms with Gasteiger partial charge in [-0.15, -0.1) is 0 Å². The van der Waals surface area contributed by atoms with E-state index in [0.717, 1.165) is 11.0 Å². The van der Waals surface area contributed by atoms with Crippen LogP contribution in [0.15, 0.2) is 53.6 Å². The molecule has 0 aromatic heterocycles. The highest BCUT2D eigenvalue weighted by atomic mass is 16.5. The molecule has 0 bridgehead atoms. The summed E-state index contributed by atoms with van der Waals surface area (Å²) in [4.78, 5) is 13.8. The molecule has 0 radical (unpaired) electrons. The van der Waals surface area contributed by atoms with Gasteiger partial charge in [0.1, 0.15) is 5.75 Å². The Morgan fingerprint density at radius 2 is 1.84 bits per heavy atom. The standard InChI is InChI=1S/C14H9BN2O2/c18-14-11-6-2-4-8-13(11)19-15-12-7-3-1-5-10(12)9-16-17(14)15/h1-9H. The molecule has 19 heavy (non-hydrogen) atoms. The molecule has 2 heterocycles. The molecule has 0 unspecified atom stereocenters. The van der Waals surface area contributed by atoms with Gasteiger partial charge in [0.2, 0.25) is 0 Å². The lowest BCUT2D eigenvalue weighted by atomic mass is 9.68. The normalized spacial score (nSPS) is 15.5. The van der Waals surface area contributed by atoms with E-state index in [2.05, 4.69) is 5.10 Å². The minimum atomic E-state index is -0.469. The summed E-state index contributed by atoms with van der Waals surface area (Å²) in [5.74, 6) is 0.484. The van der Waals surface area contributed by atoms with Crippen LogP contribution in [-0.4, -0.2) is 24.1 Å². The molecular formula is C14H9BN2O2. The van der Waals surface area contributed by atoms with Crippen LogP contribution in [0.2, 0.25) is 0 Å². The first-order chi connectivity index (χ1) is 9.34. The number of amides is 1. The van der Waals surface area contributed by atoms with Crippen molar-refractivity contribution in [3.8, 4) is 5.75 Å². The van der Waals surface area contributed by atoms with Crippen LogP contribution >= 0.6 is 0 Å². The second-order valence-electron chi connectivity index (χ2n) is 4.49. The highest BCUT2D eigenvalue weighted by molar-refractivity contribution is 6.70. The molecule has 2 aliphatic heterocycles. The molecular weight excluding hydrogens is 239 g/mol. The highest BCUT2D eigenvalue weighted by Crippen LogP contribution is 2.27. The summed E-state index contributed by atoms with van der Waals surface area (Å²) in [6.07, 6.45) is 1.70. The van der Waals surface area contributed by atoms with E-state index in [9.17, 15) is 4.79 Å². The van der Waals surface area contributed by atoms with Crippen LogP contribution in [0, 0.1) is 0 Å². The van der Waals surface area contributed by atoms with Gasteiger partial charge in [0, 0.05) is 0 Å². The molecule has 0 spiro atoms. The predicted octanol–water partition coefficient (Wildman–Crippen LogP) is 1.26. The van der Waals surface area contributed by atoms with Crippen LogP contribution in [0.3, 0.4) is 0 Å². The fourth-order valence-electron chi connectivity index (χ4n) is 2.43. The Labute approximate surface area is 110 Å². The maximum Gasteiger partial charge on any atom is 0.544 e. The lowest BCUT2D eigenvalue weighted by Crippen LogP contribution is -2.58. The first-order valence-electron chi connectivity index (χ1n) is 6.07. The van der Waals surface area contributed by atoms with Crippen molar-refractivity contribution in [2.45, 2.75) is 0 Å². The fourth-order valence-corrected chi connectivity index (χ4v) is 2.43. The number of nitrogens with zero attached hydrogens (tertiary/aromatic N) is 2. The number of fused-ring (bicyclic) bond motifs is 4. The second-order valence-corrected chi connectivity index (χ2v) is 4.49. The fraction of sp³-hybridized carbons (Fsp3) is 0. The maximum atomic E-state index is 12.4. The van der Waals surface area contributed by atoms with E-state index in [1.54, 1.807) is 12.3 Å². The van der Waals surface area contributed by atoms with Gasteiger partial charge in [0.15, 0.2) is 0 Å². The average molecular weight is 248 g/mol. The lowest BCUT2D eigenvalue weighted by Gasteiger charge is -2.33. The van der Waals surface area contributed by atoms with E-state index in [0.29, 0.717) is 11.3 Å². The Morgan fingerprint density at radius 1 is 1.05 bits per heavy atom. The zero-order valence-corrected chi connectivity index (χ0v) is 9.98. The number of hydrazone groups is 1. The van der Waals surface area contributed by atoms with Crippen LogP contribution in [0.25, 0.3) is 0 Å². The third-order valence-electron chi connectivity index (χ3n) is 3.37. The molecule has 5 heteroatoms. The highest BCUT2D eigenvalue weighted by Gasteiger charge is 2.43. The van der Waals surface area contributed by atoms with Crippen molar-refractivity contribution >= 4 is 24.6 Å². The average Bonchev–Trinajstić information content (AvgIpc) is 2.47. The SMILES string of the molecule is O=C1c2ccccc2OB2c3ccccc3C=NN21. The van der Waals surface area contributed by atoms with Gasteiger partial charge in [-0.25, -0.2) is 4.92 Å².